The number of benzene rings is 2. The summed E-state index contributed by atoms with van der Waals surface area (Å²) in [6.07, 6.45) is 0.670. The largest absolute Gasteiger partial charge is 0.497 e. The molecule has 0 heterocycles. The SMILES string of the molecule is COc1ccc(C(=O)NCCCC(=O)Nc2ccc(OC)c(F)c2)cc1. The van der Waals surface area contributed by atoms with E-state index in [1.807, 2.05) is 0 Å². The van der Waals surface area contributed by atoms with E-state index in [0.717, 1.165) is 0 Å². The molecule has 0 saturated heterocycles. The van der Waals surface area contributed by atoms with Gasteiger partial charge in [0.1, 0.15) is 5.75 Å². The van der Waals surface area contributed by atoms with Gasteiger partial charge in [0.05, 0.1) is 14.2 Å². The molecule has 2 aromatic rings. The zero-order chi connectivity index (χ0) is 18.9. The van der Waals surface area contributed by atoms with Crippen molar-refractivity contribution >= 4 is 17.5 Å². The lowest BCUT2D eigenvalue weighted by Gasteiger charge is -2.08. The Morgan fingerprint density at radius 3 is 2.38 bits per heavy atom. The summed E-state index contributed by atoms with van der Waals surface area (Å²) in [5.74, 6) is -0.229. The maximum Gasteiger partial charge on any atom is 0.251 e. The summed E-state index contributed by atoms with van der Waals surface area (Å²) in [7, 11) is 2.93. The monoisotopic (exact) mass is 360 g/mol. The highest BCUT2D eigenvalue weighted by Gasteiger charge is 2.08. The van der Waals surface area contributed by atoms with Gasteiger partial charge in [-0.25, -0.2) is 4.39 Å². The fourth-order valence-electron chi connectivity index (χ4n) is 2.26. The highest BCUT2D eigenvalue weighted by atomic mass is 19.1. The topological polar surface area (TPSA) is 76.7 Å². The molecule has 0 unspecified atom stereocenters. The van der Waals surface area contributed by atoms with Gasteiger partial charge in [0.2, 0.25) is 5.91 Å². The Kier molecular flexibility index (Phi) is 6.96. The molecule has 0 spiro atoms. The van der Waals surface area contributed by atoms with E-state index < -0.39 is 5.82 Å². The van der Waals surface area contributed by atoms with E-state index in [0.29, 0.717) is 30.0 Å². The number of carbonyl (C=O) groups excluding carboxylic acids is 2. The first-order chi connectivity index (χ1) is 12.5. The molecule has 0 aliphatic heterocycles. The Hall–Kier alpha value is -3.09. The van der Waals surface area contributed by atoms with Crippen molar-refractivity contribution in [1.82, 2.24) is 5.32 Å². The molecule has 138 valence electrons. The Balaban J connectivity index is 1.72. The highest BCUT2D eigenvalue weighted by molar-refractivity contribution is 5.94. The van der Waals surface area contributed by atoms with Crippen molar-refractivity contribution in [2.45, 2.75) is 12.8 Å². The summed E-state index contributed by atoms with van der Waals surface area (Å²) in [5, 5.41) is 5.35. The average Bonchev–Trinajstić information content (AvgIpc) is 2.65. The number of halogens is 1. The summed E-state index contributed by atoms with van der Waals surface area (Å²) in [6, 6.07) is 10.9. The van der Waals surface area contributed by atoms with Crippen LogP contribution >= 0.6 is 0 Å². The number of nitrogens with one attached hydrogen (secondary N) is 2. The molecule has 26 heavy (non-hydrogen) atoms. The van der Waals surface area contributed by atoms with Gasteiger partial charge in [-0.15, -0.1) is 0 Å². The van der Waals surface area contributed by atoms with E-state index >= 15 is 0 Å². The van der Waals surface area contributed by atoms with Crippen molar-refractivity contribution in [3.05, 3.63) is 53.8 Å². The predicted molar refractivity (Wildman–Crippen MR) is 96.1 cm³/mol. The number of methoxy groups -OCH3 is 2. The van der Waals surface area contributed by atoms with E-state index in [-0.39, 0.29) is 24.0 Å². The molecule has 0 aliphatic rings. The van der Waals surface area contributed by atoms with Gasteiger partial charge in [0.25, 0.3) is 5.91 Å². The minimum Gasteiger partial charge on any atom is -0.497 e. The van der Waals surface area contributed by atoms with Crippen LogP contribution < -0.4 is 20.1 Å². The summed E-state index contributed by atoms with van der Waals surface area (Å²) >= 11 is 0. The zero-order valence-electron chi connectivity index (χ0n) is 14.7. The average molecular weight is 360 g/mol. The Bertz CT molecular complexity index is 763. The summed E-state index contributed by atoms with van der Waals surface area (Å²) in [5.41, 5.74) is 0.875. The van der Waals surface area contributed by atoms with Crippen LogP contribution in [0.15, 0.2) is 42.5 Å². The quantitative estimate of drug-likeness (QED) is 0.710. The molecule has 2 amide bonds. The van der Waals surface area contributed by atoms with Crippen molar-refractivity contribution in [2.75, 3.05) is 26.1 Å². The third-order valence-electron chi connectivity index (χ3n) is 3.65. The molecule has 2 aromatic carbocycles. The molecule has 0 bridgehead atoms. The molecular formula is C19H21FN2O4. The van der Waals surface area contributed by atoms with Crippen LogP contribution in [0.1, 0.15) is 23.2 Å². The lowest BCUT2D eigenvalue weighted by molar-refractivity contribution is -0.116. The van der Waals surface area contributed by atoms with E-state index in [2.05, 4.69) is 10.6 Å². The first-order valence-corrected chi connectivity index (χ1v) is 8.09. The lowest BCUT2D eigenvalue weighted by atomic mass is 10.2. The molecule has 2 rings (SSSR count). The summed E-state index contributed by atoms with van der Waals surface area (Å²) in [6.45, 7) is 0.356. The standard InChI is InChI=1S/C19H21FN2O4/c1-25-15-8-5-13(6-9-15)19(24)21-11-3-4-18(23)22-14-7-10-17(26-2)16(20)12-14/h5-10,12H,3-4,11H2,1-2H3,(H,21,24)(H,22,23). The molecular weight excluding hydrogens is 339 g/mol. The second kappa shape index (κ2) is 9.41. The molecule has 0 aromatic heterocycles. The van der Waals surface area contributed by atoms with Gasteiger partial charge >= 0.3 is 0 Å². The van der Waals surface area contributed by atoms with Crippen LogP contribution in [0, 0.1) is 5.82 Å². The van der Waals surface area contributed by atoms with Crippen molar-refractivity contribution in [3.63, 3.8) is 0 Å². The van der Waals surface area contributed by atoms with Crippen LogP contribution in [0.2, 0.25) is 0 Å². The van der Waals surface area contributed by atoms with Gasteiger partial charge in [-0.3, -0.25) is 9.59 Å². The molecule has 0 fully saturated rings. The van der Waals surface area contributed by atoms with Gasteiger partial charge in [0, 0.05) is 30.3 Å². The fourth-order valence-corrected chi connectivity index (χ4v) is 2.26. The molecule has 0 radical (unpaired) electrons. The van der Waals surface area contributed by atoms with Crippen molar-refractivity contribution in [1.29, 1.82) is 0 Å². The third kappa shape index (κ3) is 5.47. The van der Waals surface area contributed by atoms with Crippen LogP contribution in [0.5, 0.6) is 11.5 Å². The maximum absolute atomic E-state index is 13.6. The van der Waals surface area contributed by atoms with Gasteiger partial charge in [-0.05, 0) is 42.8 Å². The molecule has 7 heteroatoms. The van der Waals surface area contributed by atoms with Gasteiger partial charge in [-0.1, -0.05) is 0 Å². The summed E-state index contributed by atoms with van der Waals surface area (Å²) in [4.78, 5) is 23.8. The minimum atomic E-state index is -0.544. The van der Waals surface area contributed by atoms with E-state index in [4.69, 9.17) is 9.47 Å². The molecule has 0 atom stereocenters. The smallest absolute Gasteiger partial charge is 0.251 e. The number of hydrogen-bond acceptors (Lipinski definition) is 4. The van der Waals surface area contributed by atoms with Crippen LogP contribution in [-0.2, 0) is 4.79 Å². The molecule has 0 saturated carbocycles. The Labute approximate surface area is 151 Å². The number of anilines is 1. The lowest BCUT2D eigenvalue weighted by Crippen LogP contribution is -2.25. The van der Waals surface area contributed by atoms with E-state index in [1.54, 1.807) is 37.4 Å². The van der Waals surface area contributed by atoms with Crippen LogP contribution in [0.3, 0.4) is 0 Å². The van der Waals surface area contributed by atoms with Crippen molar-refractivity contribution in [2.24, 2.45) is 0 Å². The van der Waals surface area contributed by atoms with Gasteiger partial charge < -0.3 is 20.1 Å². The van der Waals surface area contributed by atoms with Crippen molar-refractivity contribution < 1.29 is 23.5 Å². The van der Waals surface area contributed by atoms with Crippen LogP contribution in [0.25, 0.3) is 0 Å². The second-order valence-electron chi connectivity index (χ2n) is 5.49. The minimum absolute atomic E-state index is 0.115. The summed E-state index contributed by atoms with van der Waals surface area (Å²) < 4.78 is 23.4. The van der Waals surface area contributed by atoms with Crippen LogP contribution in [-0.4, -0.2) is 32.6 Å². The van der Waals surface area contributed by atoms with Crippen LogP contribution in [0.4, 0.5) is 10.1 Å². The Morgan fingerprint density at radius 1 is 1.04 bits per heavy atom. The number of amides is 2. The number of carbonyl (C=O) groups is 2. The zero-order valence-corrected chi connectivity index (χ0v) is 14.7. The molecule has 6 nitrogen and oxygen atoms in total. The maximum atomic E-state index is 13.6. The van der Waals surface area contributed by atoms with Gasteiger partial charge in [-0.2, -0.15) is 0 Å². The van der Waals surface area contributed by atoms with E-state index in [1.165, 1.54) is 19.2 Å². The predicted octanol–water partition coefficient (Wildman–Crippen LogP) is 2.99. The number of hydrogen-bond donors (Lipinski definition) is 2. The van der Waals surface area contributed by atoms with Crippen molar-refractivity contribution in [3.8, 4) is 11.5 Å². The molecule has 0 aliphatic carbocycles. The van der Waals surface area contributed by atoms with Gasteiger partial charge in [0.15, 0.2) is 11.6 Å². The number of rotatable bonds is 8. The van der Waals surface area contributed by atoms with E-state index in [9.17, 15) is 14.0 Å². The highest BCUT2D eigenvalue weighted by Crippen LogP contribution is 2.20. The normalized spacial score (nSPS) is 10.1. The third-order valence-corrected chi connectivity index (χ3v) is 3.65. The fraction of sp³-hybridized carbons (Fsp3) is 0.263. The Morgan fingerprint density at radius 2 is 1.77 bits per heavy atom. The first kappa shape index (κ1) is 19.2. The number of ether oxygens (including phenoxy) is 2. The second-order valence-corrected chi connectivity index (χ2v) is 5.49. The molecule has 2 N–H and O–H groups in total. The first-order valence-electron chi connectivity index (χ1n) is 8.09.